The molecule has 30 heavy (non-hydrogen) atoms. The van der Waals surface area contributed by atoms with Gasteiger partial charge in [-0.05, 0) is 32.4 Å². The summed E-state index contributed by atoms with van der Waals surface area (Å²) in [5, 5.41) is 3.64. The molecule has 1 atom stereocenters. The van der Waals surface area contributed by atoms with E-state index in [-0.39, 0.29) is 24.1 Å². The van der Waals surface area contributed by atoms with Crippen LogP contribution in [-0.2, 0) is 17.7 Å². The van der Waals surface area contributed by atoms with E-state index >= 15 is 0 Å². The number of carbonyl (C=O) groups is 1. The molecule has 8 heteroatoms. The quantitative estimate of drug-likeness (QED) is 0.593. The van der Waals surface area contributed by atoms with E-state index < -0.39 is 0 Å². The molecule has 0 radical (unpaired) electrons. The van der Waals surface area contributed by atoms with Crippen molar-refractivity contribution >= 4 is 16.9 Å². The van der Waals surface area contributed by atoms with Gasteiger partial charge in [-0.3, -0.25) is 9.59 Å². The highest BCUT2D eigenvalue weighted by Crippen LogP contribution is 2.28. The fourth-order valence-corrected chi connectivity index (χ4v) is 3.81. The molecule has 0 fully saturated rings. The zero-order valence-electron chi connectivity index (χ0n) is 18.0. The van der Waals surface area contributed by atoms with E-state index in [0.29, 0.717) is 29.9 Å². The number of hydrogen-bond acceptors (Lipinski definition) is 5. The molecule has 3 rings (SSSR count). The summed E-state index contributed by atoms with van der Waals surface area (Å²) in [7, 11) is 3.16. The van der Waals surface area contributed by atoms with Crippen LogP contribution in [0.2, 0.25) is 0 Å². The summed E-state index contributed by atoms with van der Waals surface area (Å²) in [4.78, 5) is 32.9. The molecule has 0 aliphatic carbocycles. The fourth-order valence-electron chi connectivity index (χ4n) is 3.81. The molecule has 0 bridgehead atoms. The smallest absolute Gasteiger partial charge is 0.256 e. The molecule has 0 aromatic carbocycles. The van der Waals surface area contributed by atoms with Gasteiger partial charge in [-0.25, -0.2) is 4.98 Å². The van der Waals surface area contributed by atoms with E-state index in [1.165, 1.54) is 7.11 Å². The van der Waals surface area contributed by atoms with Crippen molar-refractivity contribution in [1.82, 2.24) is 19.9 Å². The number of rotatable bonds is 8. The third-order valence-electron chi connectivity index (χ3n) is 5.26. The SMILES string of the molecule is CCc1cc(OC)c(CNC(=O)c2c(C)n(C(C)COC)c3ncccc23)c(=O)[nH]1. The van der Waals surface area contributed by atoms with Gasteiger partial charge < -0.3 is 24.3 Å². The number of ether oxygens (including phenoxy) is 2. The van der Waals surface area contributed by atoms with Crippen molar-refractivity contribution in [2.75, 3.05) is 20.8 Å². The van der Waals surface area contributed by atoms with E-state index in [1.807, 2.05) is 31.4 Å². The minimum Gasteiger partial charge on any atom is -0.496 e. The van der Waals surface area contributed by atoms with Crippen LogP contribution >= 0.6 is 0 Å². The second-order valence-corrected chi connectivity index (χ2v) is 7.22. The van der Waals surface area contributed by atoms with Crippen LogP contribution in [0.4, 0.5) is 0 Å². The number of carbonyl (C=O) groups excluding carboxylic acids is 1. The summed E-state index contributed by atoms with van der Waals surface area (Å²) < 4.78 is 12.7. The van der Waals surface area contributed by atoms with Gasteiger partial charge in [0, 0.05) is 36.1 Å². The van der Waals surface area contributed by atoms with Crippen molar-refractivity contribution in [3.05, 3.63) is 57.3 Å². The van der Waals surface area contributed by atoms with Crippen LogP contribution in [-0.4, -0.2) is 41.3 Å². The fraction of sp³-hybridized carbons (Fsp3) is 0.409. The lowest BCUT2D eigenvalue weighted by molar-refractivity contribution is 0.0951. The Morgan fingerprint density at radius 3 is 2.80 bits per heavy atom. The maximum absolute atomic E-state index is 13.1. The van der Waals surface area contributed by atoms with Crippen LogP contribution in [0.15, 0.2) is 29.2 Å². The Bertz CT molecular complexity index is 1120. The third-order valence-corrected chi connectivity index (χ3v) is 5.26. The number of methoxy groups -OCH3 is 2. The van der Waals surface area contributed by atoms with Crippen LogP contribution in [0, 0.1) is 6.92 Å². The number of hydrogen-bond donors (Lipinski definition) is 2. The third kappa shape index (κ3) is 3.95. The monoisotopic (exact) mass is 412 g/mol. The Morgan fingerprint density at radius 1 is 1.37 bits per heavy atom. The Kier molecular flexibility index (Phi) is 6.56. The first-order valence-corrected chi connectivity index (χ1v) is 9.94. The molecule has 2 N–H and O–H groups in total. The number of H-pyrrole nitrogens is 1. The highest BCUT2D eigenvalue weighted by Gasteiger charge is 2.23. The van der Waals surface area contributed by atoms with Gasteiger partial charge in [0.15, 0.2) is 0 Å². The predicted octanol–water partition coefficient (Wildman–Crippen LogP) is 2.74. The lowest BCUT2D eigenvalue weighted by atomic mass is 10.1. The van der Waals surface area contributed by atoms with E-state index in [4.69, 9.17) is 9.47 Å². The highest BCUT2D eigenvalue weighted by molar-refractivity contribution is 6.07. The average Bonchev–Trinajstić information content (AvgIpc) is 3.04. The molecule has 0 saturated carbocycles. The second kappa shape index (κ2) is 9.13. The average molecular weight is 412 g/mol. The first-order valence-electron chi connectivity index (χ1n) is 9.94. The topological polar surface area (TPSA) is 98.2 Å². The number of amides is 1. The maximum atomic E-state index is 13.1. The van der Waals surface area contributed by atoms with Crippen molar-refractivity contribution in [2.45, 2.75) is 39.8 Å². The van der Waals surface area contributed by atoms with Crippen molar-refractivity contribution in [1.29, 1.82) is 0 Å². The summed E-state index contributed by atoms with van der Waals surface area (Å²) in [6.07, 6.45) is 2.39. The summed E-state index contributed by atoms with van der Waals surface area (Å²) in [6, 6.07) is 5.49. The predicted molar refractivity (Wildman–Crippen MR) is 115 cm³/mol. The van der Waals surface area contributed by atoms with Crippen molar-refractivity contribution < 1.29 is 14.3 Å². The number of aromatic amines is 1. The Balaban J connectivity index is 1.96. The molecule has 8 nitrogen and oxygen atoms in total. The van der Waals surface area contributed by atoms with E-state index in [9.17, 15) is 9.59 Å². The first-order chi connectivity index (χ1) is 14.4. The lowest BCUT2D eigenvalue weighted by Crippen LogP contribution is -2.28. The number of aromatic nitrogens is 3. The molecule has 3 aromatic rings. The van der Waals surface area contributed by atoms with E-state index in [2.05, 4.69) is 15.3 Å². The van der Waals surface area contributed by atoms with Gasteiger partial charge in [0.1, 0.15) is 11.4 Å². The molecule has 160 valence electrons. The number of pyridine rings is 2. The van der Waals surface area contributed by atoms with Gasteiger partial charge in [-0.15, -0.1) is 0 Å². The Morgan fingerprint density at radius 2 is 2.13 bits per heavy atom. The molecule has 1 unspecified atom stereocenters. The maximum Gasteiger partial charge on any atom is 0.256 e. The first kappa shape index (κ1) is 21.6. The molecule has 0 saturated heterocycles. The molecule has 3 heterocycles. The van der Waals surface area contributed by atoms with Crippen LogP contribution < -0.4 is 15.6 Å². The molecule has 1 amide bonds. The number of nitrogens with zero attached hydrogens (tertiary/aromatic N) is 2. The van der Waals surface area contributed by atoms with Crippen molar-refractivity contribution in [2.24, 2.45) is 0 Å². The Labute approximate surface area is 175 Å². The lowest BCUT2D eigenvalue weighted by Gasteiger charge is -2.16. The molecular weight excluding hydrogens is 384 g/mol. The van der Waals surface area contributed by atoms with Crippen LogP contribution in [0.1, 0.15) is 47.2 Å². The van der Waals surface area contributed by atoms with Crippen molar-refractivity contribution in [3.63, 3.8) is 0 Å². The van der Waals surface area contributed by atoms with Gasteiger partial charge in [0.05, 0.1) is 37.4 Å². The summed E-state index contributed by atoms with van der Waals surface area (Å²) in [5.41, 5.74) is 2.97. The molecular formula is C22H28N4O4. The summed E-state index contributed by atoms with van der Waals surface area (Å²) >= 11 is 0. The minimum absolute atomic E-state index is 0.0125. The van der Waals surface area contributed by atoms with Gasteiger partial charge >= 0.3 is 0 Å². The molecule has 0 aliphatic heterocycles. The summed E-state index contributed by atoms with van der Waals surface area (Å²) in [5.74, 6) is 0.195. The number of aryl methyl sites for hydroxylation is 1. The zero-order chi connectivity index (χ0) is 21.8. The molecule has 3 aromatic heterocycles. The second-order valence-electron chi connectivity index (χ2n) is 7.22. The number of fused-ring (bicyclic) bond motifs is 1. The van der Waals surface area contributed by atoms with Crippen molar-refractivity contribution in [3.8, 4) is 5.75 Å². The van der Waals surface area contributed by atoms with Crippen LogP contribution in [0.5, 0.6) is 5.75 Å². The zero-order valence-corrected chi connectivity index (χ0v) is 18.0. The van der Waals surface area contributed by atoms with E-state index in [1.54, 1.807) is 25.4 Å². The van der Waals surface area contributed by atoms with Crippen LogP contribution in [0.3, 0.4) is 0 Å². The standard InChI is InChI=1S/C22H28N4O4/c1-6-15-10-18(30-5)17(21(27)25-15)11-24-22(28)19-14(3)26(13(2)12-29-4)20-16(19)8-7-9-23-20/h7-10,13H,6,11-12H2,1-5H3,(H,24,28)(H,25,27). The van der Waals surface area contributed by atoms with Gasteiger partial charge in [0.2, 0.25) is 0 Å². The largest absolute Gasteiger partial charge is 0.496 e. The highest BCUT2D eigenvalue weighted by atomic mass is 16.5. The van der Waals surface area contributed by atoms with Gasteiger partial charge in [-0.1, -0.05) is 6.92 Å². The Hall–Kier alpha value is -3.13. The van der Waals surface area contributed by atoms with E-state index in [0.717, 1.165) is 22.4 Å². The summed E-state index contributed by atoms with van der Waals surface area (Å²) in [6.45, 7) is 6.42. The van der Waals surface area contributed by atoms with Gasteiger partial charge in [0.25, 0.3) is 11.5 Å². The normalized spacial score (nSPS) is 12.2. The number of nitrogens with one attached hydrogen (secondary N) is 2. The van der Waals surface area contributed by atoms with Crippen LogP contribution in [0.25, 0.3) is 11.0 Å². The van der Waals surface area contributed by atoms with Gasteiger partial charge in [-0.2, -0.15) is 0 Å². The molecule has 0 aliphatic rings. The molecule has 0 spiro atoms. The minimum atomic E-state index is -0.269.